The van der Waals surface area contributed by atoms with E-state index in [4.69, 9.17) is 5.11 Å². The number of aryl methyl sites for hydroxylation is 1. The second-order valence-corrected chi connectivity index (χ2v) is 7.76. The molecule has 5 heteroatoms. The Balaban J connectivity index is 1.77. The molecule has 2 aliphatic heterocycles. The maximum atomic E-state index is 13.2. The Morgan fingerprint density at radius 1 is 1.15 bits per heavy atom. The third-order valence-electron chi connectivity index (χ3n) is 5.82. The monoisotopic (exact) mass is 355 g/mol. The first-order chi connectivity index (χ1) is 12.3. The van der Waals surface area contributed by atoms with Crippen molar-refractivity contribution >= 4 is 11.6 Å². The molecular weight excluding hydrogens is 324 g/mol. The number of nitrogens with zero attached hydrogens (tertiary/aromatic N) is 4. The SMILES string of the molecule is CC1=C(C(=O)N2CCN(C(C)C)CC2)C(C)[N+](c2cccc(C)c2C)=N1. The van der Waals surface area contributed by atoms with Crippen molar-refractivity contribution in [1.29, 1.82) is 0 Å². The van der Waals surface area contributed by atoms with Crippen LogP contribution in [0.1, 0.15) is 38.8 Å². The standard InChI is InChI=1S/C21H31N4O/c1-14(2)23-10-12-24(13-11-23)21(26)20-17(5)22-25(18(20)6)19-9-7-8-15(3)16(19)4/h7-9,14,18H,10-13H2,1-6H3/q+1. The van der Waals surface area contributed by atoms with Gasteiger partial charge in [0.2, 0.25) is 11.7 Å². The number of hydrogen-bond donors (Lipinski definition) is 0. The number of carbonyl (C=O) groups is 1. The Labute approximate surface area is 157 Å². The van der Waals surface area contributed by atoms with Crippen molar-refractivity contribution < 1.29 is 9.49 Å². The van der Waals surface area contributed by atoms with E-state index < -0.39 is 0 Å². The first-order valence-corrected chi connectivity index (χ1v) is 9.62. The summed E-state index contributed by atoms with van der Waals surface area (Å²) in [6, 6.07) is 6.75. The lowest BCUT2D eigenvalue weighted by Gasteiger charge is -2.37. The predicted octanol–water partition coefficient (Wildman–Crippen LogP) is 3.63. The number of azo groups is 2. The molecule has 1 amide bonds. The van der Waals surface area contributed by atoms with Crippen molar-refractivity contribution in [3.8, 4) is 0 Å². The van der Waals surface area contributed by atoms with Gasteiger partial charge >= 0.3 is 0 Å². The van der Waals surface area contributed by atoms with Crippen LogP contribution >= 0.6 is 0 Å². The summed E-state index contributed by atoms with van der Waals surface area (Å²) >= 11 is 0. The van der Waals surface area contributed by atoms with E-state index in [2.05, 4.69) is 57.7 Å². The first kappa shape index (κ1) is 18.8. The van der Waals surface area contributed by atoms with Gasteiger partial charge in [-0.15, -0.1) is 0 Å². The highest BCUT2D eigenvalue weighted by molar-refractivity contribution is 5.95. The molecule has 1 fully saturated rings. The first-order valence-electron chi connectivity index (χ1n) is 9.62. The lowest BCUT2D eigenvalue weighted by atomic mass is 10.0. The smallest absolute Gasteiger partial charge is 0.258 e. The zero-order valence-electron chi connectivity index (χ0n) is 16.9. The normalized spacial score (nSPS) is 21.6. The van der Waals surface area contributed by atoms with E-state index >= 15 is 0 Å². The van der Waals surface area contributed by atoms with Crippen molar-refractivity contribution in [2.24, 2.45) is 5.11 Å². The molecule has 1 unspecified atom stereocenters. The molecule has 0 bridgehead atoms. The highest BCUT2D eigenvalue weighted by Gasteiger charge is 2.40. The van der Waals surface area contributed by atoms with Gasteiger partial charge in [-0.05, 0) is 45.3 Å². The summed E-state index contributed by atoms with van der Waals surface area (Å²) in [7, 11) is 0. The van der Waals surface area contributed by atoms with Gasteiger partial charge in [-0.3, -0.25) is 9.69 Å². The van der Waals surface area contributed by atoms with Gasteiger partial charge in [-0.1, -0.05) is 16.8 Å². The van der Waals surface area contributed by atoms with Crippen molar-refractivity contribution in [3.63, 3.8) is 0 Å². The quantitative estimate of drug-likeness (QED) is 0.777. The molecular formula is C21H31N4O+. The summed E-state index contributed by atoms with van der Waals surface area (Å²) < 4.78 is 2.01. The number of hydrogen-bond acceptors (Lipinski definition) is 3. The lowest BCUT2D eigenvalue weighted by molar-refractivity contribution is -0.529. The highest BCUT2D eigenvalue weighted by Crippen LogP contribution is 2.32. The summed E-state index contributed by atoms with van der Waals surface area (Å²) in [5.74, 6) is 0.148. The zero-order chi connectivity index (χ0) is 19.0. The largest absolute Gasteiger partial charge is 0.336 e. The Kier molecular flexibility index (Phi) is 5.28. The molecule has 2 aliphatic rings. The van der Waals surface area contributed by atoms with Crippen LogP contribution in [0.15, 0.2) is 34.6 Å². The number of benzene rings is 1. The van der Waals surface area contributed by atoms with Gasteiger partial charge in [-0.2, -0.15) is 0 Å². The second kappa shape index (κ2) is 7.31. The number of allylic oxidation sites excluding steroid dienone is 1. The van der Waals surface area contributed by atoms with E-state index in [0.717, 1.165) is 43.1 Å². The van der Waals surface area contributed by atoms with Crippen LogP contribution in [0.2, 0.25) is 0 Å². The van der Waals surface area contributed by atoms with Crippen LogP contribution in [-0.4, -0.2) is 58.7 Å². The predicted molar refractivity (Wildman–Crippen MR) is 104 cm³/mol. The Bertz CT molecular complexity index is 770. The molecule has 0 radical (unpaired) electrons. The summed E-state index contributed by atoms with van der Waals surface area (Å²) in [5, 5.41) is 4.74. The molecule has 26 heavy (non-hydrogen) atoms. The van der Waals surface area contributed by atoms with Gasteiger partial charge in [0.15, 0.2) is 0 Å². The minimum absolute atomic E-state index is 0.0360. The molecule has 1 saturated heterocycles. The number of rotatable bonds is 3. The van der Waals surface area contributed by atoms with Gasteiger partial charge in [0.1, 0.15) is 11.3 Å². The average Bonchev–Trinajstić information content (AvgIpc) is 2.91. The van der Waals surface area contributed by atoms with Gasteiger partial charge < -0.3 is 4.90 Å². The maximum Gasteiger partial charge on any atom is 0.258 e. The van der Waals surface area contributed by atoms with E-state index in [1.807, 2.05) is 16.5 Å². The summed E-state index contributed by atoms with van der Waals surface area (Å²) in [6.45, 7) is 16.2. The topological polar surface area (TPSA) is 38.9 Å². The van der Waals surface area contributed by atoms with Crippen LogP contribution in [0.3, 0.4) is 0 Å². The number of amides is 1. The molecule has 1 aromatic carbocycles. The molecule has 1 aromatic rings. The van der Waals surface area contributed by atoms with Crippen LogP contribution in [-0.2, 0) is 4.79 Å². The third-order valence-corrected chi connectivity index (χ3v) is 5.82. The average molecular weight is 356 g/mol. The van der Waals surface area contributed by atoms with E-state index in [9.17, 15) is 4.79 Å². The van der Waals surface area contributed by atoms with E-state index in [1.54, 1.807) is 0 Å². The molecule has 0 aliphatic carbocycles. The zero-order valence-corrected chi connectivity index (χ0v) is 16.9. The van der Waals surface area contributed by atoms with E-state index in [-0.39, 0.29) is 11.9 Å². The van der Waals surface area contributed by atoms with E-state index in [1.165, 1.54) is 11.1 Å². The minimum atomic E-state index is -0.0360. The molecule has 3 rings (SSSR count). The fourth-order valence-electron chi connectivity index (χ4n) is 3.92. The van der Waals surface area contributed by atoms with Gasteiger partial charge in [0, 0.05) is 50.8 Å². The second-order valence-electron chi connectivity index (χ2n) is 7.76. The van der Waals surface area contributed by atoms with Crippen LogP contribution < -0.4 is 0 Å². The molecule has 2 heterocycles. The van der Waals surface area contributed by atoms with Crippen LogP contribution in [0.5, 0.6) is 0 Å². The maximum absolute atomic E-state index is 13.2. The molecule has 5 nitrogen and oxygen atoms in total. The molecule has 1 atom stereocenters. The van der Waals surface area contributed by atoms with E-state index in [0.29, 0.717) is 6.04 Å². The van der Waals surface area contributed by atoms with Crippen molar-refractivity contribution in [1.82, 2.24) is 9.80 Å². The summed E-state index contributed by atoms with van der Waals surface area (Å²) in [6.07, 6.45) is 0. The van der Waals surface area contributed by atoms with Crippen LogP contribution in [0.4, 0.5) is 5.69 Å². The lowest BCUT2D eigenvalue weighted by Crippen LogP contribution is -2.51. The molecule has 0 aromatic heterocycles. The Hall–Kier alpha value is -2.01. The third kappa shape index (κ3) is 3.32. The van der Waals surface area contributed by atoms with Gasteiger partial charge in [0.25, 0.3) is 5.91 Å². The van der Waals surface area contributed by atoms with Crippen LogP contribution in [0.25, 0.3) is 0 Å². The van der Waals surface area contributed by atoms with Gasteiger partial charge in [0.05, 0.1) is 0 Å². The highest BCUT2D eigenvalue weighted by atomic mass is 16.2. The summed E-state index contributed by atoms with van der Waals surface area (Å²) in [4.78, 5) is 17.6. The fraction of sp³-hybridized carbons (Fsp3) is 0.571. The number of carbonyl (C=O) groups excluding carboxylic acids is 1. The Morgan fingerprint density at radius 2 is 1.81 bits per heavy atom. The van der Waals surface area contributed by atoms with Crippen molar-refractivity contribution in [2.75, 3.05) is 26.2 Å². The minimum Gasteiger partial charge on any atom is -0.336 e. The van der Waals surface area contributed by atoms with Crippen molar-refractivity contribution in [2.45, 2.75) is 53.6 Å². The molecule has 0 N–H and O–H groups in total. The van der Waals surface area contributed by atoms with Crippen LogP contribution in [0, 0.1) is 13.8 Å². The van der Waals surface area contributed by atoms with Gasteiger partial charge in [-0.25, -0.2) is 0 Å². The Morgan fingerprint density at radius 3 is 2.42 bits per heavy atom. The fourth-order valence-corrected chi connectivity index (χ4v) is 3.92. The molecule has 140 valence electrons. The molecule has 0 saturated carbocycles. The summed E-state index contributed by atoms with van der Waals surface area (Å²) in [5.41, 5.74) is 5.23. The van der Waals surface area contributed by atoms with Crippen molar-refractivity contribution in [3.05, 3.63) is 40.6 Å². The number of piperazine rings is 1. The molecule has 0 spiro atoms.